The minimum atomic E-state index is -0.494. The number of hydrogen-bond acceptors (Lipinski definition) is 3. The second-order valence-corrected chi connectivity index (χ2v) is 2.29. The molecule has 58 valence electrons. The number of carbonyl (C=O) groups is 1. The van der Waals surface area contributed by atoms with E-state index in [0.717, 1.165) is 12.8 Å². The van der Waals surface area contributed by atoms with E-state index in [4.69, 9.17) is 18.4 Å². The molecule has 0 aliphatic heterocycles. The lowest BCUT2D eigenvalue weighted by molar-refractivity contribution is -0.116. The van der Waals surface area contributed by atoms with Crippen LogP contribution in [0.5, 0.6) is 0 Å². The van der Waals surface area contributed by atoms with Gasteiger partial charge in [0, 0.05) is 6.92 Å². The van der Waals surface area contributed by atoms with Crippen LogP contribution in [0.25, 0.3) is 0 Å². The highest BCUT2D eigenvalue weighted by atomic mass is 16.1. The monoisotopic (exact) mass is 142 g/mol. The number of hydrogen-bond donors (Lipinski definition) is 2. The average molecular weight is 142 g/mol. The Morgan fingerprint density at radius 3 is 2.50 bits per heavy atom. The zero-order chi connectivity index (χ0) is 7.98. The van der Waals surface area contributed by atoms with E-state index in [-0.39, 0.29) is 0 Å². The summed E-state index contributed by atoms with van der Waals surface area (Å²) in [5.74, 6) is -0.433. The third-order valence-electron chi connectivity index (χ3n) is 1.33. The van der Waals surface area contributed by atoms with Gasteiger partial charge in [-0.25, -0.2) is 0 Å². The van der Waals surface area contributed by atoms with Crippen molar-refractivity contribution in [2.45, 2.75) is 25.3 Å². The van der Waals surface area contributed by atoms with E-state index in [1.807, 2.05) is 0 Å². The molecule has 2 radical (unpaired) electrons. The maximum Gasteiger partial charge on any atom is 0.154 e. The molecular weight excluding hydrogens is 128 g/mol. The molecule has 1 atom stereocenters. The standard InChI is InChI=1S/C7H14N2O/c1-6(10)7(9)4-2-3-5-8/h1,7H,2-5,8-9H2/t7-/m0/s1. The molecule has 10 heavy (non-hydrogen) atoms. The summed E-state index contributed by atoms with van der Waals surface area (Å²) in [6, 6.07) is -0.494. The van der Waals surface area contributed by atoms with Gasteiger partial charge in [-0.3, -0.25) is 4.79 Å². The van der Waals surface area contributed by atoms with Gasteiger partial charge >= 0.3 is 0 Å². The van der Waals surface area contributed by atoms with Crippen LogP contribution in [-0.4, -0.2) is 18.4 Å². The maximum absolute atomic E-state index is 10.4. The van der Waals surface area contributed by atoms with Gasteiger partial charge in [0.25, 0.3) is 0 Å². The van der Waals surface area contributed by atoms with Gasteiger partial charge in [-0.15, -0.1) is 0 Å². The van der Waals surface area contributed by atoms with Crippen molar-refractivity contribution in [1.82, 2.24) is 0 Å². The lowest BCUT2D eigenvalue weighted by Crippen LogP contribution is -2.28. The topological polar surface area (TPSA) is 69.1 Å². The molecular formula is C7H14N2O. The van der Waals surface area contributed by atoms with Crippen LogP contribution >= 0.6 is 0 Å². The predicted molar refractivity (Wildman–Crippen MR) is 40.2 cm³/mol. The average Bonchev–Trinajstić information content (AvgIpc) is 1.88. The van der Waals surface area contributed by atoms with E-state index in [2.05, 4.69) is 0 Å². The Bertz CT molecular complexity index is 104. The van der Waals surface area contributed by atoms with Crippen molar-refractivity contribution in [3.8, 4) is 0 Å². The number of unbranched alkanes of at least 4 members (excludes halogenated alkanes) is 1. The fourth-order valence-corrected chi connectivity index (χ4v) is 0.651. The van der Waals surface area contributed by atoms with Gasteiger partial charge in [-0.05, 0) is 19.4 Å². The number of carbonyl (C=O) groups excluding carboxylic acids is 1. The number of ketones is 1. The van der Waals surface area contributed by atoms with E-state index in [0.29, 0.717) is 13.0 Å². The molecule has 0 heterocycles. The Hall–Kier alpha value is -0.410. The van der Waals surface area contributed by atoms with Gasteiger partial charge in [-0.2, -0.15) is 0 Å². The van der Waals surface area contributed by atoms with Crippen LogP contribution < -0.4 is 11.5 Å². The summed E-state index contributed by atoms with van der Waals surface area (Å²) in [6.45, 7) is 5.57. The zero-order valence-electron chi connectivity index (χ0n) is 6.05. The number of rotatable bonds is 5. The van der Waals surface area contributed by atoms with Crippen LogP contribution in [0, 0.1) is 6.92 Å². The molecule has 0 aromatic heterocycles. The van der Waals surface area contributed by atoms with E-state index < -0.39 is 11.8 Å². The third-order valence-corrected chi connectivity index (χ3v) is 1.33. The summed E-state index contributed by atoms with van der Waals surface area (Å²) in [5, 5.41) is 0. The third kappa shape index (κ3) is 4.47. The van der Waals surface area contributed by atoms with Crippen molar-refractivity contribution < 1.29 is 4.79 Å². The molecule has 0 spiro atoms. The van der Waals surface area contributed by atoms with Gasteiger partial charge in [0.2, 0.25) is 0 Å². The smallest absolute Gasteiger partial charge is 0.154 e. The zero-order valence-corrected chi connectivity index (χ0v) is 6.05. The molecule has 3 heteroatoms. The molecule has 3 nitrogen and oxygen atoms in total. The van der Waals surface area contributed by atoms with Crippen LogP contribution in [0.4, 0.5) is 0 Å². The van der Waals surface area contributed by atoms with Gasteiger partial charge in [0.15, 0.2) is 5.78 Å². The largest absolute Gasteiger partial charge is 0.330 e. The Morgan fingerprint density at radius 2 is 2.10 bits per heavy atom. The molecule has 4 N–H and O–H groups in total. The Labute approximate surface area is 61.8 Å². The van der Waals surface area contributed by atoms with Gasteiger partial charge in [0.1, 0.15) is 0 Å². The second-order valence-electron chi connectivity index (χ2n) is 2.29. The van der Waals surface area contributed by atoms with Gasteiger partial charge in [-0.1, -0.05) is 6.42 Å². The van der Waals surface area contributed by atoms with Crippen LogP contribution in [0.15, 0.2) is 0 Å². The fourth-order valence-electron chi connectivity index (χ4n) is 0.651. The molecule has 0 saturated heterocycles. The van der Waals surface area contributed by atoms with Crippen LogP contribution in [0.3, 0.4) is 0 Å². The van der Waals surface area contributed by atoms with Crippen LogP contribution in [0.2, 0.25) is 0 Å². The van der Waals surface area contributed by atoms with Crippen molar-refractivity contribution >= 4 is 5.78 Å². The fraction of sp³-hybridized carbons (Fsp3) is 0.714. The first-order valence-electron chi connectivity index (χ1n) is 3.43. The summed E-state index contributed by atoms with van der Waals surface area (Å²) in [5.41, 5.74) is 10.6. The lowest BCUT2D eigenvalue weighted by atomic mass is 10.1. The molecule has 0 aromatic rings. The summed E-state index contributed by atoms with van der Waals surface area (Å²) < 4.78 is 0. The van der Waals surface area contributed by atoms with Crippen LogP contribution in [0.1, 0.15) is 19.3 Å². The summed E-state index contributed by atoms with van der Waals surface area (Å²) in [7, 11) is 0. The molecule has 0 aliphatic rings. The first-order valence-corrected chi connectivity index (χ1v) is 3.43. The van der Waals surface area contributed by atoms with Gasteiger partial charge < -0.3 is 11.5 Å². The predicted octanol–water partition coefficient (Wildman–Crippen LogP) is -0.277. The van der Waals surface area contributed by atoms with Crippen molar-refractivity contribution in [2.24, 2.45) is 11.5 Å². The summed E-state index contributed by atoms with van der Waals surface area (Å²) >= 11 is 0. The Morgan fingerprint density at radius 1 is 1.50 bits per heavy atom. The Balaban J connectivity index is 3.21. The molecule has 0 bridgehead atoms. The Kier molecular flexibility index (Phi) is 5.16. The van der Waals surface area contributed by atoms with E-state index in [1.54, 1.807) is 0 Å². The highest BCUT2D eigenvalue weighted by Crippen LogP contribution is 1.97. The second kappa shape index (κ2) is 5.38. The molecule has 0 aromatic carbocycles. The molecule has 0 saturated carbocycles. The van der Waals surface area contributed by atoms with Crippen molar-refractivity contribution in [2.75, 3.05) is 6.54 Å². The van der Waals surface area contributed by atoms with Crippen molar-refractivity contribution in [1.29, 1.82) is 0 Å². The first-order chi connectivity index (χ1) is 4.68. The van der Waals surface area contributed by atoms with Crippen molar-refractivity contribution in [3.63, 3.8) is 0 Å². The van der Waals surface area contributed by atoms with E-state index in [1.165, 1.54) is 0 Å². The minimum Gasteiger partial charge on any atom is -0.330 e. The lowest BCUT2D eigenvalue weighted by Gasteiger charge is -2.04. The molecule has 0 fully saturated rings. The van der Waals surface area contributed by atoms with Gasteiger partial charge in [0.05, 0.1) is 6.04 Å². The van der Waals surface area contributed by atoms with E-state index in [9.17, 15) is 4.79 Å². The summed E-state index contributed by atoms with van der Waals surface area (Å²) in [6.07, 6.45) is 2.42. The number of nitrogens with two attached hydrogens (primary N) is 2. The molecule has 0 aliphatic carbocycles. The molecule has 0 unspecified atom stereocenters. The number of Topliss-reactive ketones (excluding diaryl/α,β-unsaturated/α-hetero) is 1. The molecule has 0 amide bonds. The van der Waals surface area contributed by atoms with Crippen LogP contribution in [-0.2, 0) is 4.79 Å². The minimum absolute atomic E-state index is 0.433. The van der Waals surface area contributed by atoms with Crippen molar-refractivity contribution in [3.05, 3.63) is 6.92 Å². The quantitative estimate of drug-likeness (QED) is 0.519. The normalized spacial score (nSPS) is 13.1. The SMILES string of the molecule is [CH]C(=O)[C@@H](N)CCCCN. The molecule has 0 rings (SSSR count). The first kappa shape index (κ1) is 9.59. The highest BCUT2D eigenvalue weighted by Gasteiger charge is 2.06. The van der Waals surface area contributed by atoms with E-state index >= 15 is 0 Å². The summed E-state index contributed by atoms with van der Waals surface area (Å²) in [4.78, 5) is 10.4. The highest BCUT2D eigenvalue weighted by molar-refractivity contribution is 5.87. The maximum atomic E-state index is 10.4.